The summed E-state index contributed by atoms with van der Waals surface area (Å²) in [4.78, 5) is 30.6. The molecule has 0 saturated heterocycles. The first kappa shape index (κ1) is 38.4. The third-order valence-corrected chi connectivity index (χ3v) is 11.9. The highest BCUT2D eigenvalue weighted by Gasteiger charge is 2.21. The van der Waals surface area contributed by atoms with E-state index in [4.69, 9.17) is 29.9 Å². The molecule has 0 N–H and O–H groups in total. The van der Waals surface area contributed by atoms with Gasteiger partial charge in [0.15, 0.2) is 34.9 Å². The van der Waals surface area contributed by atoms with Crippen LogP contribution in [0.3, 0.4) is 0 Å². The molecule has 0 aliphatic rings. The Labute approximate surface area is 371 Å². The van der Waals surface area contributed by atoms with Crippen molar-refractivity contribution in [3.05, 3.63) is 217 Å². The molecule has 2 heterocycles. The van der Waals surface area contributed by atoms with Gasteiger partial charge < -0.3 is 0 Å². The van der Waals surface area contributed by atoms with Crippen LogP contribution in [-0.4, -0.2) is 29.9 Å². The second-order valence-electron chi connectivity index (χ2n) is 16.0. The highest BCUT2D eigenvalue weighted by Crippen LogP contribution is 2.46. The predicted octanol–water partition coefficient (Wildman–Crippen LogP) is 14.3. The Morgan fingerprint density at radius 3 is 0.938 bits per heavy atom. The fourth-order valence-corrected chi connectivity index (χ4v) is 8.70. The monoisotopic (exact) mass is 820 g/mol. The van der Waals surface area contributed by atoms with Gasteiger partial charge in [-0.1, -0.05) is 194 Å². The molecule has 0 spiro atoms. The first-order chi connectivity index (χ1) is 31.6. The van der Waals surface area contributed by atoms with Gasteiger partial charge in [-0.3, -0.25) is 0 Å². The van der Waals surface area contributed by atoms with E-state index in [0.717, 1.165) is 77.5 Å². The number of hydrogen-bond donors (Lipinski definition) is 0. The summed E-state index contributed by atoms with van der Waals surface area (Å²) in [7, 11) is 0. The van der Waals surface area contributed by atoms with Crippen LogP contribution in [0.25, 0.3) is 112 Å². The van der Waals surface area contributed by atoms with Crippen LogP contribution in [0.2, 0.25) is 0 Å². The zero-order valence-electron chi connectivity index (χ0n) is 35.3. The van der Waals surface area contributed by atoms with Crippen molar-refractivity contribution >= 4 is 21.5 Å². The van der Waals surface area contributed by atoms with Gasteiger partial charge in [-0.2, -0.15) is 0 Å². The van der Waals surface area contributed by atoms with Gasteiger partial charge in [-0.05, 0) is 80.9 Å². The van der Waals surface area contributed by atoms with Gasteiger partial charge in [-0.15, -0.1) is 0 Å². The van der Waals surface area contributed by atoms with E-state index in [1.165, 1.54) is 10.8 Å². The van der Waals surface area contributed by atoms with Gasteiger partial charge in [0.25, 0.3) is 0 Å². The number of hydrogen-bond acceptors (Lipinski definition) is 6. The van der Waals surface area contributed by atoms with Gasteiger partial charge in [0.2, 0.25) is 0 Å². The number of aromatic nitrogens is 6. The first-order valence-electron chi connectivity index (χ1n) is 21.5. The maximum Gasteiger partial charge on any atom is 0.164 e. The van der Waals surface area contributed by atoms with Crippen LogP contribution in [0.15, 0.2) is 206 Å². The zero-order valence-corrected chi connectivity index (χ0v) is 35.3. The third kappa shape index (κ3) is 7.17. The molecule has 2 aromatic heterocycles. The molecule has 6 nitrogen and oxygen atoms in total. The molecular formula is C58H40N6. The molecule has 0 fully saturated rings. The van der Waals surface area contributed by atoms with Crippen LogP contribution in [-0.2, 0) is 0 Å². The lowest BCUT2D eigenvalue weighted by molar-refractivity contribution is 1.07. The summed E-state index contributed by atoms with van der Waals surface area (Å²) < 4.78 is 0. The SMILES string of the molecule is Cc1ccccc1-c1nc(-c2ccccc2)nc(-c2cccc(-c3c(-c4cccc(-c5nc(-c6ccccc6)nc(-c6ccccc6C)n5)c4)c4ccccc4c4ccccc34)c2)n1. The number of aryl methyl sites for hydroxylation is 2. The lowest BCUT2D eigenvalue weighted by Crippen LogP contribution is -2.01. The summed E-state index contributed by atoms with van der Waals surface area (Å²) in [6, 6.07) is 71.4. The van der Waals surface area contributed by atoms with Crippen molar-refractivity contribution in [1.82, 2.24) is 29.9 Å². The number of rotatable bonds is 8. The Morgan fingerprint density at radius 2 is 0.531 bits per heavy atom. The quantitative estimate of drug-likeness (QED) is 0.142. The molecule has 0 atom stereocenters. The predicted molar refractivity (Wildman–Crippen MR) is 261 cm³/mol. The second-order valence-corrected chi connectivity index (χ2v) is 16.0. The molecule has 0 aliphatic carbocycles. The summed E-state index contributed by atoms with van der Waals surface area (Å²) in [5.74, 6) is 3.75. The molecule has 11 aromatic rings. The van der Waals surface area contributed by atoms with Crippen LogP contribution in [0.4, 0.5) is 0 Å². The standard InChI is InChI=1S/C58H40N6/c1-37-19-9-11-29-45(37)57-61-53(39-21-5-3-6-22-39)59-55(63-57)43-27-17-25-41(35-43)51-49-33-15-13-31-47(49)48-32-14-16-34-50(48)52(51)42-26-18-28-44(36-42)56-60-54(40-23-7-4-8-24-40)62-58(64-56)46-30-12-10-20-38(46)2/h3-36H,1-2H3. The largest absolute Gasteiger partial charge is 0.208 e. The Hall–Kier alpha value is -8.48. The Morgan fingerprint density at radius 1 is 0.234 bits per heavy atom. The molecule has 0 radical (unpaired) electrons. The fourth-order valence-electron chi connectivity index (χ4n) is 8.70. The van der Waals surface area contributed by atoms with E-state index in [9.17, 15) is 0 Å². The number of benzene rings is 9. The Balaban J connectivity index is 1.13. The lowest BCUT2D eigenvalue weighted by Gasteiger charge is -2.19. The molecular weight excluding hydrogens is 781 g/mol. The second kappa shape index (κ2) is 16.4. The van der Waals surface area contributed by atoms with Crippen LogP contribution in [0.5, 0.6) is 0 Å². The maximum atomic E-state index is 5.16. The van der Waals surface area contributed by atoms with Crippen molar-refractivity contribution in [2.24, 2.45) is 0 Å². The Bertz CT molecular complexity index is 3290. The van der Waals surface area contributed by atoms with Crippen molar-refractivity contribution in [2.75, 3.05) is 0 Å². The highest BCUT2D eigenvalue weighted by atomic mass is 15.0. The summed E-state index contributed by atoms with van der Waals surface area (Å²) in [6.45, 7) is 4.18. The van der Waals surface area contributed by atoms with E-state index in [0.29, 0.717) is 34.9 Å². The minimum atomic E-state index is 0.608. The van der Waals surface area contributed by atoms with E-state index in [2.05, 4.69) is 135 Å². The number of fused-ring (bicyclic) bond motifs is 3. The molecule has 0 aliphatic heterocycles. The van der Waals surface area contributed by atoms with Gasteiger partial charge >= 0.3 is 0 Å². The van der Waals surface area contributed by atoms with Crippen molar-refractivity contribution in [3.63, 3.8) is 0 Å². The van der Waals surface area contributed by atoms with Crippen LogP contribution in [0.1, 0.15) is 11.1 Å². The minimum Gasteiger partial charge on any atom is -0.208 e. The normalized spacial score (nSPS) is 11.3. The molecule has 64 heavy (non-hydrogen) atoms. The summed E-state index contributed by atoms with van der Waals surface area (Å²) >= 11 is 0. The molecule has 11 rings (SSSR count). The smallest absolute Gasteiger partial charge is 0.164 e. The van der Waals surface area contributed by atoms with E-state index in [1.54, 1.807) is 0 Å². The topological polar surface area (TPSA) is 77.3 Å². The van der Waals surface area contributed by atoms with Gasteiger partial charge in [-0.25, -0.2) is 29.9 Å². The molecule has 9 aromatic carbocycles. The van der Waals surface area contributed by atoms with Gasteiger partial charge in [0.05, 0.1) is 0 Å². The van der Waals surface area contributed by atoms with Gasteiger partial charge in [0.1, 0.15) is 0 Å². The fraction of sp³-hybridized carbons (Fsp3) is 0.0345. The third-order valence-electron chi connectivity index (χ3n) is 11.9. The zero-order chi connectivity index (χ0) is 43.0. The molecule has 0 bridgehead atoms. The van der Waals surface area contributed by atoms with E-state index < -0.39 is 0 Å². The molecule has 0 saturated carbocycles. The highest BCUT2D eigenvalue weighted by molar-refractivity contribution is 6.21. The van der Waals surface area contributed by atoms with Crippen LogP contribution >= 0.6 is 0 Å². The van der Waals surface area contributed by atoms with Crippen LogP contribution < -0.4 is 0 Å². The van der Waals surface area contributed by atoms with Crippen molar-refractivity contribution in [2.45, 2.75) is 13.8 Å². The van der Waals surface area contributed by atoms with Gasteiger partial charge in [0, 0.05) is 33.4 Å². The van der Waals surface area contributed by atoms with E-state index >= 15 is 0 Å². The average Bonchev–Trinajstić information content (AvgIpc) is 3.36. The molecule has 0 unspecified atom stereocenters. The molecule has 0 amide bonds. The van der Waals surface area contributed by atoms with Crippen molar-refractivity contribution in [3.8, 4) is 90.6 Å². The molecule has 302 valence electrons. The van der Waals surface area contributed by atoms with E-state index in [-0.39, 0.29) is 0 Å². The first-order valence-corrected chi connectivity index (χ1v) is 21.5. The summed E-state index contributed by atoms with van der Waals surface area (Å²) in [5.41, 5.74) is 12.1. The summed E-state index contributed by atoms with van der Waals surface area (Å²) in [5, 5.41) is 4.65. The van der Waals surface area contributed by atoms with Crippen molar-refractivity contribution in [1.29, 1.82) is 0 Å². The van der Waals surface area contributed by atoms with E-state index in [1.807, 2.05) is 84.9 Å². The van der Waals surface area contributed by atoms with Crippen LogP contribution in [0, 0.1) is 13.8 Å². The lowest BCUT2D eigenvalue weighted by atomic mass is 9.84. The molecule has 6 heteroatoms. The van der Waals surface area contributed by atoms with Crippen molar-refractivity contribution < 1.29 is 0 Å². The average molecular weight is 821 g/mol. The Kier molecular flexibility index (Phi) is 9.86. The summed E-state index contributed by atoms with van der Waals surface area (Å²) in [6.07, 6.45) is 0. The number of nitrogens with zero attached hydrogens (tertiary/aromatic N) is 6. The minimum absolute atomic E-state index is 0.608. The maximum absolute atomic E-state index is 5.16.